The van der Waals surface area contributed by atoms with Crippen LogP contribution in [0.2, 0.25) is 0 Å². The predicted molar refractivity (Wildman–Crippen MR) is 89.3 cm³/mol. The number of hydrogen-bond donors (Lipinski definition) is 3. The van der Waals surface area contributed by atoms with E-state index in [9.17, 15) is 23.9 Å². The Morgan fingerprint density at radius 1 is 1.28 bits per heavy atom. The summed E-state index contributed by atoms with van der Waals surface area (Å²) in [5.74, 6) is -2.80. The molecule has 136 valence electrons. The van der Waals surface area contributed by atoms with Crippen LogP contribution in [0.5, 0.6) is 0 Å². The Morgan fingerprint density at radius 2 is 2.04 bits per heavy atom. The number of rotatable bonds is 6. The second-order valence-corrected chi connectivity index (χ2v) is 6.69. The Hall–Kier alpha value is -2.44. The molecule has 1 aromatic rings. The number of halogens is 1. The highest BCUT2D eigenvalue weighted by Gasteiger charge is 2.42. The monoisotopic (exact) mass is 350 g/mol. The molecule has 1 aliphatic rings. The number of hydrogen-bond acceptors (Lipinski definition) is 3. The van der Waals surface area contributed by atoms with E-state index in [4.69, 9.17) is 0 Å². The molecule has 2 unspecified atom stereocenters. The summed E-state index contributed by atoms with van der Waals surface area (Å²) in [4.78, 5) is 35.4. The highest BCUT2D eigenvalue weighted by atomic mass is 19.1. The largest absolute Gasteiger partial charge is 0.481 e. The van der Waals surface area contributed by atoms with Crippen LogP contribution in [0.1, 0.15) is 38.2 Å². The molecule has 0 aliphatic heterocycles. The predicted octanol–water partition coefficient (Wildman–Crippen LogP) is 1.63. The summed E-state index contributed by atoms with van der Waals surface area (Å²) in [6.07, 6.45) is 2.77. The number of amides is 2. The molecule has 0 bridgehead atoms. The third kappa shape index (κ3) is 5.27. The number of nitrogens with one attached hydrogen (secondary N) is 2. The van der Waals surface area contributed by atoms with Crippen LogP contribution in [0.15, 0.2) is 24.3 Å². The van der Waals surface area contributed by atoms with Gasteiger partial charge in [-0.05, 0) is 37.5 Å². The summed E-state index contributed by atoms with van der Waals surface area (Å²) in [6.45, 7) is 1.49. The van der Waals surface area contributed by atoms with Gasteiger partial charge in [-0.1, -0.05) is 25.0 Å². The molecule has 0 heterocycles. The van der Waals surface area contributed by atoms with Crippen molar-refractivity contribution in [3.05, 3.63) is 35.6 Å². The van der Waals surface area contributed by atoms with E-state index in [1.54, 1.807) is 13.0 Å². The maximum absolute atomic E-state index is 13.1. The summed E-state index contributed by atoms with van der Waals surface area (Å²) in [5, 5.41) is 14.6. The summed E-state index contributed by atoms with van der Waals surface area (Å²) in [7, 11) is 0. The van der Waals surface area contributed by atoms with Gasteiger partial charge in [0.15, 0.2) is 0 Å². The molecule has 0 saturated heterocycles. The average Bonchev–Trinajstić information content (AvgIpc) is 2.52. The number of carbonyl (C=O) groups is 3. The number of carbonyl (C=O) groups excluding carboxylic acids is 2. The zero-order valence-electron chi connectivity index (χ0n) is 14.2. The van der Waals surface area contributed by atoms with Crippen molar-refractivity contribution in [1.82, 2.24) is 10.6 Å². The number of benzene rings is 1. The third-order valence-corrected chi connectivity index (χ3v) is 4.63. The van der Waals surface area contributed by atoms with Crippen molar-refractivity contribution in [2.75, 3.05) is 6.54 Å². The molecule has 2 amide bonds. The topological polar surface area (TPSA) is 95.5 Å². The smallest absolute Gasteiger partial charge is 0.308 e. The van der Waals surface area contributed by atoms with Crippen LogP contribution in [0.25, 0.3) is 0 Å². The lowest BCUT2D eigenvalue weighted by molar-refractivity contribution is -0.146. The molecule has 0 radical (unpaired) electrons. The van der Waals surface area contributed by atoms with Crippen molar-refractivity contribution in [2.45, 2.75) is 44.6 Å². The normalized spacial score (nSPS) is 22.9. The third-order valence-electron chi connectivity index (χ3n) is 4.63. The van der Waals surface area contributed by atoms with Crippen molar-refractivity contribution >= 4 is 17.8 Å². The summed E-state index contributed by atoms with van der Waals surface area (Å²) < 4.78 is 13.1. The molecule has 0 spiro atoms. The van der Waals surface area contributed by atoms with Crippen molar-refractivity contribution in [2.24, 2.45) is 5.92 Å². The van der Waals surface area contributed by atoms with Crippen molar-refractivity contribution in [1.29, 1.82) is 0 Å². The quantitative estimate of drug-likeness (QED) is 0.727. The van der Waals surface area contributed by atoms with Gasteiger partial charge in [0.05, 0.1) is 24.4 Å². The fourth-order valence-electron chi connectivity index (χ4n) is 3.32. The van der Waals surface area contributed by atoms with Crippen LogP contribution in [-0.4, -0.2) is 35.0 Å². The molecule has 7 heteroatoms. The Bertz CT molecular complexity index is 664. The fourth-order valence-corrected chi connectivity index (χ4v) is 3.32. The van der Waals surface area contributed by atoms with E-state index in [2.05, 4.69) is 10.6 Å². The number of aliphatic carboxylic acids is 1. The van der Waals surface area contributed by atoms with E-state index in [0.29, 0.717) is 18.4 Å². The molecule has 0 aromatic heterocycles. The van der Waals surface area contributed by atoms with Gasteiger partial charge in [-0.25, -0.2) is 4.39 Å². The summed E-state index contributed by atoms with van der Waals surface area (Å²) in [5.41, 5.74) is -0.294. The Balaban J connectivity index is 1.85. The maximum atomic E-state index is 13.1. The SMILES string of the molecule is CC1(NC(=O)CNC(=O)Cc2cccc(F)c2)CCCCC1C(=O)O. The van der Waals surface area contributed by atoms with Crippen LogP contribution < -0.4 is 10.6 Å². The van der Waals surface area contributed by atoms with Crippen LogP contribution in [-0.2, 0) is 20.8 Å². The second kappa shape index (κ2) is 8.09. The van der Waals surface area contributed by atoms with Crippen LogP contribution in [0.3, 0.4) is 0 Å². The summed E-state index contributed by atoms with van der Waals surface area (Å²) in [6, 6.07) is 5.70. The van der Waals surface area contributed by atoms with E-state index < -0.39 is 35.1 Å². The van der Waals surface area contributed by atoms with Crippen LogP contribution in [0.4, 0.5) is 4.39 Å². The number of carboxylic acid groups (broad SMARTS) is 1. The molecular formula is C18H23FN2O4. The van der Waals surface area contributed by atoms with E-state index in [1.165, 1.54) is 18.2 Å². The standard InChI is InChI=1S/C18H23FN2O4/c1-18(8-3-2-7-14(18)17(24)25)21-16(23)11-20-15(22)10-12-5-4-6-13(19)9-12/h4-6,9,14H,2-3,7-8,10-11H2,1H3,(H,20,22)(H,21,23)(H,24,25). The van der Waals surface area contributed by atoms with Gasteiger partial charge in [0.2, 0.25) is 11.8 Å². The first kappa shape index (κ1) is 18.9. The van der Waals surface area contributed by atoms with E-state index in [0.717, 1.165) is 12.8 Å². The Kier molecular flexibility index (Phi) is 6.12. The first-order valence-corrected chi connectivity index (χ1v) is 8.35. The minimum atomic E-state index is -0.919. The van der Waals surface area contributed by atoms with Gasteiger partial charge in [0.25, 0.3) is 0 Å². The maximum Gasteiger partial charge on any atom is 0.308 e. The van der Waals surface area contributed by atoms with E-state index in [1.807, 2.05) is 0 Å². The lowest BCUT2D eigenvalue weighted by Gasteiger charge is -2.39. The highest BCUT2D eigenvalue weighted by molar-refractivity contribution is 5.86. The van der Waals surface area contributed by atoms with Gasteiger partial charge >= 0.3 is 5.97 Å². The molecule has 6 nitrogen and oxygen atoms in total. The highest BCUT2D eigenvalue weighted by Crippen LogP contribution is 2.33. The lowest BCUT2D eigenvalue weighted by atomic mass is 9.74. The van der Waals surface area contributed by atoms with E-state index >= 15 is 0 Å². The zero-order valence-corrected chi connectivity index (χ0v) is 14.2. The molecule has 25 heavy (non-hydrogen) atoms. The molecule has 1 aromatic carbocycles. The van der Waals surface area contributed by atoms with Crippen molar-refractivity contribution in [3.8, 4) is 0 Å². The van der Waals surface area contributed by atoms with Gasteiger partial charge in [-0.15, -0.1) is 0 Å². The Morgan fingerprint density at radius 3 is 2.72 bits per heavy atom. The second-order valence-electron chi connectivity index (χ2n) is 6.69. The lowest BCUT2D eigenvalue weighted by Crippen LogP contribution is -2.57. The molecule has 1 fully saturated rings. The summed E-state index contributed by atoms with van der Waals surface area (Å²) >= 11 is 0. The van der Waals surface area contributed by atoms with Crippen molar-refractivity contribution < 1.29 is 23.9 Å². The van der Waals surface area contributed by atoms with Gasteiger partial charge in [-0.3, -0.25) is 14.4 Å². The van der Waals surface area contributed by atoms with Gasteiger partial charge in [0.1, 0.15) is 5.82 Å². The van der Waals surface area contributed by atoms with Crippen LogP contribution in [0, 0.1) is 11.7 Å². The van der Waals surface area contributed by atoms with Gasteiger partial charge in [0, 0.05) is 0 Å². The molecule has 3 N–H and O–H groups in total. The minimum absolute atomic E-state index is 0.0277. The number of carboxylic acids is 1. The molecule has 1 aliphatic carbocycles. The zero-order chi connectivity index (χ0) is 18.4. The first-order chi connectivity index (χ1) is 11.8. The molecule has 2 atom stereocenters. The fraction of sp³-hybridized carbons (Fsp3) is 0.500. The Labute approximate surface area is 145 Å². The van der Waals surface area contributed by atoms with Crippen molar-refractivity contribution in [3.63, 3.8) is 0 Å². The van der Waals surface area contributed by atoms with Crippen LogP contribution >= 0.6 is 0 Å². The average molecular weight is 350 g/mol. The molecule has 2 rings (SSSR count). The molecular weight excluding hydrogens is 327 g/mol. The molecule has 1 saturated carbocycles. The first-order valence-electron chi connectivity index (χ1n) is 8.35. The minimum Gasteiger partial charge on any atom is -0.481 e. The van der Waals surface area contributed by atoms with Gasteiger partial charge in [-0.2, -0.15) is 0 Å². The van der Waals surface area contributed by atoms with Gasteiger partial charge < -0.3 is 15.7 Å². The van der Waals surface area contributed by atoms with E-state index in [-0.39, 0.29) is 13.0 Å².